The summed E-state index contributed by atoms with van der Waals surface area (Å²) in [5.74, 6) is -11.4. The van der Waals surface area contributed by atoms with E-state index >= 15 is 0 Å². The molecular formula is C33H58N12O12. The summed E-state index contributed by atoms with van der Waals surface area (Å²) in [6.45, 7) is 4.73. The second kappa shape index (κ2) is 26.0. The minimum Gasteiger partial charge on any atom is -0.480 e. The van der Waals surface area contributed by atoms with Crippen molar-refractivity contribution in [3.63, 3.8) is 0 Å². The van der Waals surface area contributed by atoms with Gasteiger partial charge >= 0.3 is 5.97 Å². The molecule has 10 amide bonds. The summed E-state index contributed by atoms with van der Waals surface area (Å²) in [5.41, 5.74) is 32.0. The predicted octanol–water partition coefficient (Wildman–Crippen LogP) is -6.22. The van der Waals surface area contributed by atoms with Crippen molar-refractivity contribution in [3.05, 3.63) is 0 Å². The van der Waals surface area contributed by atoms with Crippen LogP contribution in [0.4, 0.5) is 0 Å². The molecule has 0 spiro atoms. The molecular weight excluding hydrogens is 756 g/mol. The van der Waals surface area contributed by atoms with E-state index in [1.54, 1.807) is 13.8 Å². The largest absolute Gasteiger partial charge is 0.480 e. The van der Waals surface area contributed by atoms with Crippen LogP contribution >= 0.6 is 0 Å². The summed E-state index contributed by atoms with van der Waals surface area (Å²) >= 11 is 0. The SMILES string of the molecule is CC[C@H](C)[C@H](NC(=O)[C@H](CCC(N)=O)NC(=O)[C@H](CCCCN)NC(=O)[C@H](CCC(N)=O)NC(=O)[C@@H](N)CC(N)=O)C(=O)N[C@@H](C)C(=O)N[C@@H](CC(N)=O)C(=O)O. The molecule has 0 rings (SSSR count). The lowest BCUT2D eigenvalue weighted by molar-refractivity contribution is -0.143. The van der Waals surface area contributed by atoms with Gasteiger partial charge in [0, 0.05) is 12.8 Å². The molecule has 57 heavy (non-hydrogen) atoms. The van der Waals surface area contributed by atoms with E-state index in [9.17, 15) is 57.8 Å². The fourth-order valence-electron chi connectivity index (χ4n) is 5.03. The number of rotatable bonds is 29. The van der Waals surface area contributed by atoms with Crippen LogP contribution in [0.3, 0.4) is 0 Å². The van der Waals surface area contributed by atoms with E-state index in [1.165, 1.54) is 6.92 Å². The number of primary amides is 4. The molecule has 0 aliphatic carbocycles. The van der Waals surface area contributed by atoms with Crippen LogP contribution in [0.15, 0.2) is 0 Å². The third-order valence-corrected chi connectivity index (χ3v) is 8.53. The van der Waals surface area contributed by atoms with Gasteiger partial charge in [0.2, 0.25) is 59.1 Å². The van der Waals surface area contributed by atoms with E-state index in [0.717, 1.165) is 0 Å². The lowest BCUT2D eigenvalue weighted by atomic mass is 9.97. The topological polar surface area (TPSA) is 436 Å². The molecule has 0 aromatic rings. The van der Waals surface area contributed by atoms with E-state index < -0.39 is 133 Å². The molecule has 8 atom stereocenters. The first-order chi connectivity index (χ1) is 26.5. The van der Waals surface area contributed by atoms with E-state index in [0.29, 0.717) is 12.8 Å². The van der Waals surface area contributed by atoms with Crippen LogP contribution in [-0.2, 0) is 52.7 Å². The van der Waals surface area contributed by atoms with Crippen LogP contribution in [0.25, 0.3) is 0 Å². The van der Waals surface area contributed by atoms with Gasteiger partial charge in [0.25, 0.3) is 0 Å². The second-order valence-corrected chi connectivity index (χ2v) is 13.4. The van der Waals surface area contributed by atoms with Crippen molar-refractivity contribution in [2.45, 2.75) is 127 Å². The van der Waals surface area contributed by atoms with Gasteiger partial charge in [-0.25, -0.2) is 4.79 Å². The first kappa shape index (κ1) is 51.1. The van der Waals surface area contributed by atoms with Gasteiger partial charge in [0.05, 0.1) is 18.9 Å². The Balaban J connectivity index is 6.34. The molecule has 0 aromatic heterocycles. The predicted molar refractivity (Wildman–Crippen MR) is 200 cm³/mol. The molecule has 0 bridgehead atoms. The maximum Gasteiger partial charge on any atom is 0.326 e. The standard InChI is InChI=1S/C33H58N12O12/c1-4-15(2)26(32(55)40-16(3)27(50)44-21(33(56)57)14-25(39)49)45-31(54)20(9-11-23(37)47)43-29(52)18(7-5-6-12-34)42-30(53)19(8-10-22(36)46)41-28(51)17(35)13-24(38)48/h15-21,26H,4-14,34-35H2,1-3H3,(H2,36,46)(H2,37,47)(H2,38,48)(H2,39,49)(H,40,55)(H,41,51)(H,42,53)(H,43,52)(H,44,50)(H,45,54)(H,56,57)/t15-,16-,17-,18-,19-,20-,21-,26-/m0/s1. The summed E-state index contributed by atoms with van der Waals surface area (Å²) in [4.78, 5) is 137. The van der Waals surface area contributed by atoms with Crippen molar-refractivity contribution >= 4 is 65.0 Å². The normalized spacial score (nSPS) is 15.0. The highest BCUT2D eigenvalue weighted by Gasteiger charge is 2.34. The Labute approximate surface area is 328 Å². The van der Waals surface area contributed by atoms with Crippen LogP contribution in [0.1, 0.15) is 85.0 Å². The van der Waals surface area contributed by atoms with Crippen LogP contribution in [0.2, 0.25) is 0 Å². The number of carboxylic acids is 1. The Morgan fingerprint density at radius 3 is 1.39 bits per heavy atom. The van der Waals surface area contributed by atoms with Gasteiger partial charge in [0.1, 0.15) is 36.3 Å². The fraction of sp³-hybridized carbons (Fsp3) is 0.667. The number of unbranched alkanes of at least 4 members (excludes halogenated alkanes) is 1. The number of carbonyl (C=O) groups excluding carboxylic acids is 10. The molecule has 0 aromatic carbocycles. The molecule has 0 unspecified atom stereocenters. The van der Waals surface area contributed by atoms with Crippen LogP contribution in [0.5, 0.6) is 0 Å². The molecule has 0 heterocycles. The molecule has 0 radical (unpaired) electrons. The number of amides is 10. The summed E-state index contributed by atoms with van der Waals surface area (Å²) in [5, 5.41) is 23.5. The highest BCUT2D eigenvalue weighted by molar-refractivity contribution is 5.98. The number of hydrogen-bond acceptors (Lipinski definition) is 13. The average molecular weight is 815 g/mol. The van der Waals surface area contributed by atoms with Crippen molar-refractivity contribution in [1.29, 1.82) is 0 Å². The molecule has 0 aliphatic rings. The van der Waals surface area contributed by atoms with Gasteiger partial charge < -0.3 is 71.4 Å². The number of hydrogen-bond donors (Lipinski definition) is 13. The highest BCUT2D eigenvalue weighted by atomic mass is 16.4. The Morgan fingerprint density at radius 1 is 0.526 bits per heavy atom. The minimum absolute atomic E-state index is 0.0450. The maximum atomic E-state index is 13.7. The molecule has 322 valence electrons. The molecule has 0 aliphatic heterocycles. The molecule has 0 saturated carbocycles. The summed E-state index contributed by atoms with van der Waals surface area (Å²) in [7, 11) is 0. The quantitative estimate of drug-likeness (QED) is 0.0313. The zero-order valence-electron chi connectivity index (χ0n) is 32.3. The summed E-state index contributed by atoms with van der Waals surface area (Å²) < 4.78 is 0. The van der Waals surface area contributed by atoms with E-state index in [4.69, 9.17) is 34.4 Å². The summed E-state index contributed by atoms with van der Waals surface area (Å²) in [6.07, 6.45) is -1.82. The fourth-order valence-corrected chi connectivity index (χ4v) is 5.03. The molecule has 0 fully saturated rings. The number of carbonyl (C=O) groups is 11. The van der Waals surface area contributed by atoms with Crippen LogP contribution in [0, 0.1) is 5.92 Å². The monoisotopic (exact) mass is 814 g/mol. The third kappa shape index (κ3) is 20.5. The van der Waals surface area contributed by atoms with Crippen molar-refractivity contribution in [3.8, 4) is 0 Å². The van der Waals surface area contributed by atoms with Gasteiger partial charge in [-0.1, -0.05) is 20.3 Å². The van der Waals surface area contributed by atoms with E-state index in [2.05, 4.69) is 31.9 Å². The van der Waals surface area contributed by atoms with Gasteiger partial charge in [-0.05, 0) is 51.5 Å². The number of nitrogens with two attached hydrogens (primary N) is 6. The van der Waals surface area contributed by atoms with Crippen LogP contribution in [-0.4, -0.2) is 119 Å². The van der Waals surface area contributed by atoms with Gasteiger partial charge in [-0.3, -0.25) is 47.9 Å². The Kier molecular flexibility index (Phi) is 23.3. The first-order valence-corrected chi connectivity index (χ1v) is 18.2. The Morgan fingerprint density at radius 2 is 0.965 bits per heavy atom. The second-order valence-electron chi connectivity index (χ2n) is 13.4. The molecule has 19 N–H and O–H groups in total. The lowest BCUT2D eigenvalue weighted by Gasteiger charge is -2.29. The first-order valence-electron chi connectivity index (χ1n) is 18.2. The van der Waals surface area contributed by atoms with Gasteiger partial charge in [-0.2, -0.15) is 0 Å². The van der Waals surface area contributed by atoms with Gasteiger partial charge in [0.15, 0.2) is 0 Å². The van der Waals surface area contributed by atoms with Crippen molar-refractivity contribution in [2.75, 3.05) is 6.54 Å². The minimum atomic E-state index is -1.68. The average Bonchev–Trinajstić information content (AvgIpc) is 3.11. The van der Waals surface area contributed by atoms with Crippen molar-refractivity contribution in [1.82, 2.24) is 31.9 Å². The Bertz CT molecular complexity index is 1480. The highest BCUT2D eigenvalue weighted by Crippen LogP contribution is 2.11. The number of carboxylic acid groups (broad SMARTS) is 1. The van der Waals surface area contributed by atoms with Crippen LogP contribution < -0.4 is 66.3 Å². The Hall–Kier alpha value is -5.91. The van der Waals surface area contributed by atoms with Crippen molar-refractivity contribution in [2.24, 2.45) is 40.3 Å². The van der Waals surface area contributed by atoms with E-state index in [1.807, 2.05) is 0 Å². The molecule has 0 saturated heterocycles. The zero-order chi connectivity index (χ0) is 44.0. The maximum absolute atomic E-state index is 13.7. The number of aliphatic carboxylic acids is 1. The van der Waals surface area contributed by atoms with E-state index in [-0.39, 0.29) is 38.6 Å². The number of nitrogens with one attached hydrogen (secondary N) is 6. The van der Waals surface area contributed by atoms with Crippen molar-refractivity contribution < 1.29 is 57.8 Å². The molecule has 24 nitrogen and oxygen atoms in total. The summed E-state index contributed by atoms with van der Waals surface area (Å²) in [6, 6.07) is -10.2. The lowest BCUT2D eigenvalue weighted by Crippen LogP contribution is -2.60. The molecule has 24 heteroatoms. The zero-order valence-corrected chi connectivity index (χ0v) is 32.3. The van der Waals surface area contributed by atoms with Gasteiger partial charge in [-0.15, -0.1) is 0 Å². The smallest absolute Gasteiger partial charge is 0.326 e. The third-order valence-electron chi connectivity index (χ3n) is 8.53.